The summed E-state index contributed by atoms with van der Waals surface area (Å²) >= 11 is 1.72. The molecular weight excluding hydrogens is 286 g/mol. The number of benzene rings is 2. The van der Waals surface area contributed by atoms with Crippen molar-refractivity contribution in [3.8, 4) is 22.8 Å². The summed E-state index contributed by atoms with van der Waals surface area (Å²) in [5, 5.41) is 25.1. The molecule has 0 bridgehead atoms. The maximum Gasteiger partial charge on any atom is 0.205 e. The van der Waals surface area contributed by atoms with Gasteiger partial charge in [0.25, 0.3) is 0 Å². The van der Waals surface area contributed by atoms with Crippen LogP contribution in [0.4, 0.5) is 5.69 Å². The highest BCUT2D eigenvalue weighted by Crippen LogP contribution is 2.50. The number of hydrogen-bond donors (Lipinski definition) is 3. The first-order valence-corrected chi connectivity index (χ1v) is 7.58. The first kappa shape index (κ1) is 12.5. The van der Waals surface area contributed by atoms with Crippen LogP contribution in [0.3, 0.4) is 0 Å². The third-order valence-electron chi connectivity index (χ3n) is 3.82. The van der Waals surface area contributed by atoms with Crippen molar-refractivity contribution in [1.82, 2.24) is 0 Å². The molecule has 2 heterocycles. The molecule has 3 N–H and O–H groups in total. The molecule has 1 aromatic heterocycles. The SMILES string of the molecule is Cc1cccc2c(-c3occ(O)c3O)c3c(cc12)SCN3. The summed E-state index contributed by atoms with van der Waals surface area (Å²) in [5.74, 6) is 0.624. The van der Waals surface area contributed by atoms with Crippen LogP contribution in [0, 0.1) is 6.92 Å². The lowest BCUT2D eigenvalue weighted by atomic mass is 9.97. The second-order valence-electron chi connectivity index (χ2n) is 5.06. The molecule has 0 aliphatic carbocycles. The summed E-state index contributed by atoms with van der Waals surface area (Å²) in [4.78, 5) is 1.13. The first-order chi connectivity index (χ1) is 10.2. The zero-order valence-electron chi connectivity index (χ0n) is 11.3. The summed E-state index contributed by atoms with van der Waals surface area (Å²) < 4.78 is 5.41. The molecule has 4 rings (SSSR count). The van der Waals surface area contributed by atoms with E-state index in [4.69, 9.17) is 4.42 Å². The number of aryl methyl sites for hydroxylation is 1. The molecule has 0 fully saturated rings. The average Bonchev–Trinajstić information content (AvgIpc) is 3.06. The van der Waals surface area contributed by atoms with Gasteiger partial charge in [0, 0.05) is 4.90 Å². The van der Waals surface area contributed by atoms with Gasteiger partial charge in [0.15, 0.2) is 11.5 Å². The summed E-state index contributed by atoms with van der Waals surface area (Å²) in [7, 11) is 0. The van der Waals surface area contributed by atoms with Crippen molar-refractivity contribution in [2.24, 2.45) is 0 Å². The van der Waals surface area contributed by atoms with Crippen molar-refractivity contribution in [2.45, 2.75) is 11.8 Å². The van der Waals surface area contributed by atoms with Gasteiger partial charge in [-0.2, -0.15) is 0 Å². The molecule has 0 saturated heterocycles. The van der Waals surface area contributed by atoms with Crippen molar-refractivity contribution in [3.63, 3.8) is 0 Å². The van der Waals surface area contributed by atoms with Crippen molar-refractivity contribution in [2.75, 3.05) is 11.2 Å². The van der Waals surface area contributed by atoms with Gasteiger partial charge in [-0.15, -0.1) is 11.8 Å². The fourth-order valence-electron chi connectivity index (χ4n) is 2.78. The minimum Gasteiger partial charge on any atom is -0.502 e. The molecule has 0 amide bonds. The van der Waals surface area contributed by atoms with Crippen LogP contribution in [-0.2, 0) is 0 Å². The Kier molecular flexibility index (Phi) is 2.59. The lowest BCUT2D eigenvalue weighted by molar-refractivity contribution is 0.409. The molecule has 106 valence electrons. The number of rotatable bonds is 1. The fourth-order valence-corrected chi connectivity index (χ4v) is 3.67. The fraction of sp³-hybridized carbons (Fsp3) is 0.125. The van der Waals surface area contributed by atoms with Gasteiger partial charge in [0.1, 0.15) is 6.26 Å². The molecule has 21 heavy (non-hydrogen) atoms. The van der Waals surface area contributed by atoms with E-state index in [1.165, 1.54) is 5.56 Å². The van der Waals surface area contributed by atoms with E-state index in [0.717, 1.165) is 39.1 Å². The molecule has 0 unspecified atom stereocenters. The van der Waals surface area contributed by atoms with E-state index < -0.39 is 0 Å². The van der Waals surface area contributed by atoms with Crippen LogP contribution in [0.15, 0.2) is 39.8 Å². The Morgan fingerprint density at radius 1 is 1.24 bits per heavy atom. The molecule has 2 aromatic carbocycles. The Labute approximate surface area is 125 Å². The normalized spacial score (nSPS) is 13.4. The van der Waals surface area contributed by atoms with Gasteiger partial charge < -0.3 is 19.9 Å². The zero-order chi connectivity index (χ0) is 14.6. The quantitative estimate of drug-likeness (QED) is 0.625. The van der Waals surface area contributed by atoms with Crippen molar-refractivity contribution < 1.29 is 14.6 Å². The largest absolute Gasteiger partial charge is 0.502 e. The number of hydrogen-bond acceptors (Lipinski definition) is 5. The Morgan fingerprint density at radius 3 is 2.86 bits per heavy atom. The van der Waals surface area contributed by atoms with Gasteiger partial charge in [-0.05, 0) is 29.3 Å². The topological polar surface area (TPSA) is 65.6 Å². The van der Waals surface area contributed by atoms with E-state index in [2.05, 4.69) is 24.4 Å². The molecule has 0 radical (unpaired) electrons. The number of aromatic hydroxyl groups is 2. The van der Waals surface area contributed by atoms with E-state index in [9.17, 15) is 10.2 Å². The van der Waals surface area contributed by atoms with Crippen molar-refractivity contribution in [1.29, 1.82) is 0 Å². The van der Waals surface area contributed by atoms with E-state index in [0.29, 0.717) is 5.76 Å². The average molecular weight is 299 g/mol. The zero-order valence-corrected chi connectivity index (χ0v) is 12.1. The van der Waals surface area contributed by atoms with Gasteiger partial charge >= 0.3 is 0 Å². The smallest absolute Gasteiger partial charge is 0.205 e. The summed E-state index contributed by atoms with van der Waals surface area (Å²) in [5.41, 5.74) is 2.91. The molecular formula is C16H13NO3S. The number of furan rings is 1. The Bertz CT molecular complexity index is 870. The second kappa shape index (κ2) is 4.36. The highest BCUT2D eigenvalue weighted by molar-refractivity contribution is 7.99. The van der Waals surface area contributed by atoms with Crippen molar-refractivity contribution >= 4 is 28.2 Å². The molecule has 1 aliphatic heterocycles. The highest BCUT2D eigenvalue weighted by atomic mass is 32.2. The van der Waals surface area contributed by atoms with E-state index in [1.807, 2.05) is 12.1 Å². The lowest BCUT2D eigenvalue weighted by Crippen LogP contribution is -1.93. The van der Waals surface area contributed by atoms with Crippen LogP contribution in [0.1, 0.15) is 5.56 Å². The summed E-state index contributed by atoms with van der Waals surface area (Å²) in [6.07, 6.45) is 1.16. The Balaban J connectivity index is 2.16. The number of fused-ring (bicyclic) bond motifs is 2. The Morgan fingerprint density at radius 2 is 2.10 bits per heavy atom. The molecule has 4 nitrogen and oxygen atoms in total. The number of nitrogens with one attached hydrogen (secondary N) is 1. The maximum absolute atomic E-state index is 10.1. The van der Waals surface area contributed by atoms with Crippen LogP contribution in [0.5, 0.6) is 11.5 Å². The molecule has 0 spiro atoms. The molecule has 3 aromatic rings. The van der Waals surface area contributed by atoms with Gasteiger partial charge in [0.05, 0.1) is 17.1 Å². The standard InChI is InChI=1S/C16H13NO3S/c1-8-3-2-4-9-10(8)5-12-14(17-7-21-12)13(9)16-15(19)11(18)6-20-16/h2-6,17-19H,7H2,1H3. The second-order valence-corrected chi connectivity index (χ2v) is 6.08. The minimum atomic E-state index is -0.242. The predicted molar refractivity (Wildman–Crippen MR) is 84.1 cm³/mol. The van der Waals surface area contributed by atoms with Crippen LogP contribution < -0.4 is 5.32 Å². The maximum atomic E-state index is 10.1. The highest BCUT2D eigenvalue weighted by Gasteiger charge is 2.25. The van der Waals surface area contributed by atoms with E-state index in [-0.39, 0.29) is 11.5 Å². The van der Waals surface area contributed by atoms with Gasteiger partial charge in [0.2, 0.25) is 5.75 Å². The van der Waals surface area contributed by atoms with Crippen LogP contribution in [0.2, 0.25) is 0 Å². The Hall–Kier alpha value is -2.27. The van der Waals surface area contributed by atoms with E-state index >= 15 is 0 Å². The molecule has 5 heteroatoms. The van der Waals surface area contributed by atoms with Gasteiger partial charge in [-0.25, -0.2) is 0 Å². The van der Waals surface area contributed by atoms with Crippen LogP contribution in [0.25, 0.3) is 22.1 Å². The van der Waals surface area contributed by atoms with E-state index in [1.54, 1.807) is 11.8 Å². The van der Waals surface area contributed by atoms with Gasteiger partial charge in [-0.1, -0.05) is 18.2 Å². The summed E-state index contributed by atoms with van der Waals surface area (Å²) in [6.45, 7) is 2.06. The third kappa shape index (κ3) is 1.70. The lowest BCUT2D eigenvalue weighted by Gasteiger charge is -2.12. The summed E-state index contributed by atoms with van der Waals surface area (Å²) in [6, 6.07) is 8.20. The minimum absolute atomic E-state index is 0.218. The first-order valence-electron chi connectivity index (χ1n) is 6.59. The van der Waals surface area contributed by atoms with Gasteiger partial charge in [-0.3, -0.25) is 0 Å². The van der Waals surface area contributed by atoms with Crippen LogP contribution >= 0.6 is 11.8 Å². The molecule has 0 atom stereocenters. The molecule has 1 aliphatic rings. The molecule has 0 saturated carbocycles. The predicted octanol–water partition coefficient (Wildman–Crippen LogP) is 4.29. The monoisotopic (exact) mass is 299 g/mol. The van der Waals surface area contributed by atoms with Crippen LogP contribution in [-0.4, -0.2) is 16.1 Å². The third-order valence-corrected chi connectivity index (χ3v) is 4.74. The number of thioether (sulfide) groups is 1. The van der Waals surface area contributed by atoms with Crippen molar-refractivity contribution in [3.05, 3.63) is 36.1 Å². The number of anilines is 1.